The van der Waals surface area contributed by atoms with Crippen LogP contribution in [0.4, 0.5) is 0 Å². The third-order valence-electron chi connectivity index (χ3n) is 4.18. The number of para-hydroxylation sites is 1. The van der Waals surface area contributed by atoms with Crippen LogP contribution in [0, 0.1) is 0 Å². The summed E-state index contributed by atoms with van der Waals surface area (Å²) in [5.41, 5.74) is 0.747. The fraction of sp³-hybridized carbons (Fsp3) is 0.400. The lowest BCUT2D eigenvalue weighted by atomic mass is 9.69. The minimum absolute atomic E-state index is 0.694. The highest BCUT2D eigenvalue weighted by atomic mass is 79.9. The first kappa shape index (κ1) is 12.7. The van der Waals surface area contributed by atoms with Gasteiger partial charge in [-0.25, -0.2) is 0 Å². The lowest BCUT2D eigenvalue weighted by Gasteiger charge is -2.33. The molecule has 0 amide bonds. The molecule has 0 spiro atoms. The molecular formula is C15H15BrO3. The highest BCUT2D eigenvalue weighted by Gasteiger charge is 2.43. The quantitative estimate of drug-likeness (QED) is 0.886. The third kappa shape index (κ3) is 1.89. The van der Waals surface area contributed by atoms with Crippen molar-refractivity contribution in [1.29, 1.82) is 0 Å². The van der Waals surface area contributed by atoms with Gasteiger partial charge in [-0.05, 0) is 34.8 Å². The number of rotatable bonds is 2. The van der Waals surface area contributed by atoms with Gasteiger partial charge in [-0.2, -0.15) is 0 Å². The van der Waals surface area contributed by atoms with Crippen LogP contribution in [0.2, 0.25) is 0 Å². The fourth-order valence-corrected chi connectivity index (χ4v) is 3.56. The molecule has 1 aromatic carbocycles. The molecule has 1 saturated carbocycles. The number of aliphatic carboxylic acids is 1. The van der Waals surface area contributed by atoms with E-state index in [1.165, 1.54) is 0 Å². The maximum Gasteiger partial charge on any atom is 0.314 e. The molecule has 19 heavy (non-hydrogen) atoms. The van der Waals surface area contributed by atoms with Crippen LogP contribution in [-0.2, 0) is 10.2 Å². The molecule has 3 rings (SSSR count). The van der Waals surface area contributed by atoms with Gasteiger partial charge in [-0.3, -0.25) is 4.79 Å². The zero-order valence-electron chi connectivity index (χ0n) is 10.5. The van der Waals surface area contributed by atoms with Crippen molar-refractivity contribution >= 4 is 32.9 Å². The zero-order valence-corrected chi connectivity index (χ0v) is 12.1. The Morgan fingerprint density at radius 2 is 2.00 bits per heavy atom. The number of furan rings is 1. The Morgan fingerprint density at radius 1 is 1.26 bits per heavy atom. The third-order valence-corrected chi connectivity index (χ3v) is 4.80. The lowest BCUT2D eigenvalue weighted by molar-refractivity contribution is -0.145. The highest BCUT2D eigenvalue weighted by Crippen LogP contribution is 2.43. The van der Waals surface area contributed by atoms with Crippen LogP contribution in [0.3, 0.4) is 0 Å². The van der Waals surface area contributed by atoms with E-state index in [0.29, 0.717) is 18.4 Å². The fourth-order valence-electron chi connectivity index (χ4n) is 3.16. The summed E-state index contributed by atoms with van der Waals surface area (Å²) in [4.78, 5) is 11.9. The van der Waals surface area contributed by atoms with Crippen molar-refractivity contribution in [3.05, 3.63) is 34.5 Å². The number of benzene rings is 1. The van der Waals surface area contributed by atoms with E-state index in [4.69, 9.17) is 4.42 Å². The standard InChI is InChI=1S/C15H15BrO3/c16-12-9-19-13-10(12)5-4-6-11(13)15(14(17)18)7-2-1-3-8-15/h4-6,9H,1-3,7-8H2,(H,17,18). The predicted molar refractivity (Wildman–Crippen MR) is 76.3 cm³/mol. The molecule has 1 aliphatic rings. The molecule has 1 aromatic heterocycles. The molecule has 0 bridgehead atoms. The second-order valence-corrected chi connectivity index (χ2v) is 6.07. The summed E-state index contributed by atoms with van der Waals surface area (Å²) in [6.07, 6.45) is 6.06. The molecule has 0 aliphatic heterocycles. The Kier molecular flexibility index (Phi) is 3.13. The van der Waals surface area contributed by atoms with Crippen molar-refractivity contribution < 1.29 is 14.3 Å². The summed E-state index contributed by atoms with van der Waals surface area (Å²) in [6.45, 7) is 0. The number of carboxylic acid groups (broad SMARTS) is 1. The lowest BCUT2D eigenvalue weighted by Crippen LogP contribution is -2.37. The number of carboxylic acids is 1. The van der Waals surface area contributed by atoms with E-state index in [1.807, 2.05) is 18.2 Å². The molecule has 1 heterocycles. The summed E-state index contributed by atoms with van der Waals surface area (Å²) in [6, 6.07) is 5.76. The minimum Gasteiger partial charge on any atom is -0.481 e. The summed E-state index contributed by atoms with van der Waals surface area (Å²) in [7, 11) is 0. The number of hydrogen-bond donors (Lipinski definition) is 1. The Balaban J connectivity index is 2.23. The molecule has 100 valence electrons. The van der Waals surface area contributed by atoms with Gasteiger partial charge in [0.15, 0.2) is 0 Å². The number of hydrogen-bond acceptors (Lipinski definition) is 2. The van der Waals surface area contributed by atoms with E-state index >= 15 is 0 Å². The van der Waals surface area contributed by atoms with Crippen LogP contribution in [0.5, 0.6) is 0 Å². The van der Waals surface area contributed by atoms with Crippen molar-refractivity contribution in [2.24, 2.45) is 0 Å². The van der Waals surface area contributed by atoms with E-state index in [9.17, 15) is 9.90 Å². The first-order chi connectivity index (χ1) is 9.15. The van der Waals surface area contributed by atoms with Crippen LogP contribution in [0.1, 0.15) is 37.7 Å². The van der Waals surface area contributed by atoms with E-state index < -0.39 is 11.4 Å². The second kappa shape index (κ2) is 4.67. The van der Waals surface area contributed by atoms with Gasteiger partial charge in [0.05, 0.1) is 9.89 Å². The van der Waals surface area contributed by atoms with E-state index in [1.54, 1.807) is 6.26 Å². The molecule has 1 N–H and O–H groups in total. The SMILES string of the molecule is O=C(O)C1(c2cccc3c(Br)coc23)CCCCC1. The maximum atomic E-state index is 11.9. The first-order valence-corrected chi connectivity index (χ1v) is 7.34. The van der Waals surface area contributed by atoms with Crippen molar-refractivity contribution in [3.63, 3.8) is 0 Å². The normalized spacial score (nSPS) is 18.6. The maximum absolute atomic E-state index is 11.9. The smallest absolute Gasteiger partial charge is 0.314 e. The van der Waals surface area contributed by atoms with Crippen molar-refractivity contribution in [1.82, 2.24) is 0 Å². The van der Waals surface area contributed by atoms with Crippen LogP contribution >= 0.6 is 15.9 Å². The van der Waals surface area contributed by atoms with Gasteiger partial charge >= 0.3 is 5.97 Å². The van der Waals surface area contributed by atoms with Gasteiger partial charge in [0, 0.05) is 10.9 Å². The molecule has 0 unspecified atom stereocenters. The van der Waals surface area contributed by atoms with Crippen LogP contribution in [-0.4, -0.2) is 11.1 Å². The summed E-state index contributed by atoms with van der Waals surface area (Å²) >= 11 is 3.44. The molecule has 0 atom stereocenters. The van der Waals surface area contributed by atoms with Crippen LogP contribution < -0.4 is 0 Å². The zero-order chi connectivity index (χ0) is 13.5. The molecule has 1 aliphatic carbocycles. The topological polar surface area (TPSA) is 50.4 Å². The molecule has 4 heteroatoms. The Bertz CT molecular complexity index is 623. The molecule has 1 fully saturated rings. The van der Waals surface area contributed by atoms with E-state index in [-0.39, 0.29) is 0 Å². The second-order valence-electron chi connectivity index (χ2n) is 5.21. The Hall–Kier alpha value is -1.29. The molecule has 3 nitrogen and oxygen atoms in total. The average Bonchev–Trinajstić information content (AvgIpc) is 2.81. The predicted octanol–water partition coefficient (Wildman–Crippen LogP) is 4.48. The average molecular weight is 323 g/mol. The number of fused-ring (bicyclic) bond motifs is 1. The van der Waals surface area contributed by atoms with Gasteiger partial charge in [0.25, 0.3) is 0 Å². The highest BCUT2D eigenvalue weighted by molar-refractivity contribution is 9.10. The molecule has 2 aromatic rings. The van der Waals surface area contributed by atoms with Gasteiger partial charge in [-0.1, -0.05) is 31.4 Å². The summed E-state index contributed by atoms with van der Waals surface area (Å²) in [5, 5.41) is 10.7. The summed E-state index contributed by atoms with van der Waals surface area (Å²) < 4.78 is 6.47. The number of halogens is 1. The van der Waals surface area contributed by atoms with Crippen LogP contribution in [0.25, 0.3) is 11.0 Å². The van der Waals surface area contributed by atoms with Gasteiger partial charge < -0.3 is 9.52 Å². The van der Waals surface area contributed by atoms with Crippen molar-refractivity contribution in [3.8, 4) is 0 Å². The van der Waals surface area contributed by atoms with Gasteiger partial charge in [0.2, 0.25) is 0 Å². The van der Waals surface area contributed by atoms with Crippen molar-refractivity contribution in [2.75, 3.05) is 0 Å². The van der Waals surface area contributed by atoms with E-state index in [2.05, 4.69) is 15.9 Å². The molecular weight excluding hydrogens is 308 g/mol. The minimum atomic E-state index is -0.783. The molecule has 0 radical (unpaired) electrons. The Morgan fingerprint density at radius 3 is 2.68 bits per heavy atom. The largest absolute Gasteiger partial charge is 0.481 e. The summed E-state index contributed by atoms with van der Waals surface area (Å²) in [5.74, 6) is -0.729. The number of carbonyl (C=O) groups is 1. The van der Waals surface area contributed by atoms with Gasteiger partial charge in [-0.15, -0.1) is 0 Å². The monoisotopic (exact) mass is 322 g/mol. The van der Waals surface area contributed by atoms with Gasteiger partial charge in [0.1, 0.15) is 11.8 Å². The van der Waals surface area contributed by atoms with Crippen LogP contribution in [0.15, 0.2) is 33.4 Å². The van der Waals surface area contributed by atoms with Crippen molar-refractivity contribution in [2.45, 2.75) is 37.5 Å². The Labute approximate surface area is 119 Å². The first-order valence-electron chi connectivity index (χ1n) is 6.55. The molecule has 0 saturated heterocycles. The van der Waals surface area contributed by atoms with E-state index in [0.717, 1.165) is 34.7 Å².